The van der Waals surface area contributed by atoms with E-state index in [2.05, 4.69) is 12.1 Å². The van der Waals surface area contributed by atoms with Crippen molar-refractivity contribution in [2.45, 2.75) is 31.8 Å². The molecular weight excluding hydrogens is 204 g/mol. The minimum atomic E-state index is -0.546. The van der Waals surface area contributed by atoms with Crippen LogP contribution >= 0.6 is 0 Å². The zero-order chi connectivity index (χ0) is 11.6. The van der Waals surface area contributed by atoms with Crippen molar-refractivity contribution in [3.05, 3.63) is 35.9 Å². The van der Waals surface area contributed by atoms with Gasteiger partial charge in [-0.25, -0.2) is 0 Å². The van der Waals surface area contributed by atoms with E-state index in [-0.39, 0.29) is 12.2 Å². The fourth-order valence-corrected chi connectivity index (χ4v) is 1.90. The minimum absolute atomic E-state index is 0.0459. The van der Waals surface area contributed by atoms with Crippen molar-refractivity contribution in [1.82, 2.24) is 0 Å². The lowest BCUT2D eigenvalue weighted by atomic mass is 10.0. The number of hydrogen-bond donors (Lipinski definition) is 0. The molecule has 0 aliphatic carbocycles. The molecule has 88 valence electrons. The molecule has 1 aromatic carbocycles. The van der Waals surface area contributed by atoms with Crippen LogP contribution < -0.4 is 0 Å². The third-order valence-corrected chi connectivity index (χ3v) is 2.77. The maximum absolute atomic E-state index is 5.92. The van der Waals surface area contributed by atoms with E-state index >= 15 is 0 Å². The van der Waals surface area contributed by atoms with Gasteiger partial charge in [-0.2, -0.15) is 0 Å². The van der Waals surface area contributed by atoms with Gasteiger partial charge in [-0.3, -0.25) is 0 Å². The molecule has 0 N–H and O–H groups in total. The molecule has 0 unspecified atom stereocenters. The van der Waals surface area contributed by atoms with Gasteiger partial charge in [0.25, 0.3) is 0 Å². The molecule has 16 heavy (non-hydrogen) atoms. The zero-order valence-corrected chi connectivity index (χ0v) is 9.97. The summed E-state index contributed by atoms with van der Waals surface area (Å²) in [4.78, 5) is 0. The third-order valence-electron chi connectivity index (χ3n) is 2.77. The predicted octanol–water partition coefficient (Wildman–Crippen LogP) is 2.53. The molecule has 1 aromatic rings. The first kappa shape index (κ1) is 11.6. The van der Waals surface area contributed by atoms with Crippen molar-refractivity contribution in [3.63, 3.8) is 0 Å². The Hall–Kier alpha value is -0.900. The summed E-state index contributed by atoms with van der Waals surface area (Å²) in [6, 6.07) is 10.1. The van der Waals surface area contributed by atoms with E-state index in [0.717, 1.165) is 5.56 Å². The maximum Gasteiger partial charge on any atom is 0.163 e. The van der Waals surface area contributed by atoms with Crippen LogP contribution in [-0.4, -0.2) is 25.6 Å². The monoisotopic (exact) mass is 222 g/mol. The highest BCUT2D eigenvalue weighted by atomic mass is 16.7. The van der Waals surface area contributed by atoms with Crippen LogP contribution in [0.3, 0.4) is 0 Å². The second-order valence-corrected chi connectivity index (χ2v) is 4.43. The molecule has 2 rings (SSSR count). The Morgan fingerprint density at radius 1 is 1.25 bits per heavy atom. The summed E-state index contributed by atoms with van der Waals surface area (Å²) in [6.07, 6.45) is -0.106. The second-order valence-electron chi connectivity index (χ2n) is 4.43. The average Bonchev–Trinajstić information content (AvgIpc) is 2.29. The molecule has 1 aliphatic heterocycles. The fourth-order valence-electron chi connectivity index (χ4n) is 1.90. The summed E-state index contributed by atoms with van der Waals surface area (Å²) in [5, 5.41) is 0. The van der Waals surface area contributed by atoms with E-state index in [1.54, 1.807) is 7.11 Å². The number of methoxy groups -OCH3 is 1. The molecular formula is C13H18O3. The summed E-state index contributed by atoms with van der Waals surface area (Å²) in [5.74, 6) is -0.546. The standard InChI is InChI=1S/C13H18O3/c1-13(2)15-9-11(14-3)12(16-13)10-7-5-4-6-8-10/h4-8,11-12H,9H2,1-3H3/t11-,12-/m0/s1. The van der Waals surface area contributed by atoms with Crippen molar-refractivity contribution in [1.29, 1.82) is 0 Å². The highest BCUT2D eigenvalue weighted by Crippen LogP contribution is 2.33. The summed E-state index contributed by atoms with van der Waals surface area (Å²) in [5.41, 5.74) is 1.13. The van der Waals surface area contributed by atoms with Crippen LogP contribution in [0.1, 0.15) is 25.5 Å². The van der Waals surface area contributed by atoms with Crippen molar-refractivity contribution in [2.24, 2.45) is 0 Å². The highest BCUT2D eigenvalue weighted by Gasteiger charge is 2.37. The van der Waals surface area contributed by atoms with E-state index in [1.807, 2.05) is 32.0 Å². The fraction of sp³-hybridized carbons (Fsp3) is 0.538. The van der Waals surface area contributed by atoms with Crippen LogP contribution in [0.4, 0.5) is 0 Å². The molecule has 0 bridgehead atoms. The third kappa shape index (κ3) is 2.43. The van der Waals surface area contributed by atoms with Crippen LogP contribution in [-0.2, 0) is 14.2 Å². The van der Waals surface area contributed by atoms with Crippen LogP contribution in [0.25, 0.3) is 0 Å². The van der Waals surface area contributed by atoms with Crippen molar-refractivity contribution < 1.29 is 14.2 Å². The van der Waals surface area contributed by atoms with Gasteiger partial charge in [0.05, 0.1) is 6.61 Å². The molecule has 0 radical (unpaired) electrons. The first-order chi connectivity index (χ1) is 7.62. The van der Waals surface area contributed by atoms with Gasteiger partial charge in [0.1, 0.15) is 12.2 Å². The molecule has 1 saturated heterocycles. The Kier molecular flexibility index (Phi) is 3.28. The Morgan fingerprint density at radius 2 is 1.94 bits per heavy atom. The molecule has 0 aromatic heterocycles. The second kappa shape index (κ2) is 4.53. The Labute approximate surface area is 96.3 Å². The normalized spacial score (nSPS) is 28.9. The number of rotatable bonds is 2. The lowest BCUT2D eigenvalue weighted by molar-refractivity contribution is -0.310. The average molecular weight is 222 g/mol. The molecule has 0 amide bonds. The number of hydrogen-bond acceptors (Lipinski definition) is 3. The van der Waals surface area contributed by atoms with Crippen molar-refractivity contribution in [2.75, 3.05) is 13.7 Å². The SMILES string of the molecule is CO[C@H]1COC(C)(C)O[C@H]1c1ccccc1. The number of ether oxygens (including phenoxy) is 3. The van der Waals surface area contributed by atoms with E-state index in [9.17, 15) is 0 Å². The van der Waals surface area contributed by atoms with Gasteiger partial charge in [-0.05, 0) is 19.4 Å². The smallest absolute Gasteiger partial charge is 0.163 e. The van der Waals surface area contributed by atoms with Gasteiger partial charge < -0.3 is 14.2 Å². The van der Waals surface area contributed by atoms with Gasteiger partial charge in [-0.1, -0.05) is 30.3 Å². The first-order valence-electron chi connectivity index (χ1n) is 5.52. The van der Waals surface area contributed by atoms with Gasteiger partial charge in [0.2, 0.25) is 0 Å². The Balaban J connectivity index is 2.22. The molecule has 2 atom stereocenters. The lowest BCUT2D eigenvalue weighted by Crippen LogP contribution is -2.44. The first-order valence-corrected chi connectivity index (χ1v) is 5.52. The maximum atomic E-state index is 5.92. The summed E-state index contributed by atoms with van der Waals surface area (Å²) >= 11 is 0. The van der Waals surface area contributed by atoms with Crippen LogP contribution in [0.2, 0.25) is 0 Å². The highest BCUT2D eigenvalue weighted by molar-refractivity contribution is 5.19. The van der Waals surface area contributed by atoms with Crippen molar-refractivity contribution in [3.8, 4) is 0 Å². The lowest BCUT2D eigenvalue weighted by Gasteiger charge is -2.40. The van der Waals surface area contributed by atoms with Crippen LogP contribution in [0.5, 0.6) is 0 Å². The van der Waals surface area contributed by atoms with Crippen molar-refractivity contribution >= 4 is 0 Å². The Bertz CT molecular complexity index is 334. The van der Waals surface area contributed by atoms with Gasteiger partial charge in [0.15, 0.2) is 5.79 Å². The van der Waals surface area contributed by atoms with Crippen LogP contribution in [0, 0.1) is 0 Å². The summed E-state index contributed by atoms with van der Waals surface area (Å²) in [6.45, 7) is 4.41. The Morgan fingerprint density at radius 3 is 2.56 bits per heavy atom. The molecule has 3 heteroatoms. The molecule has 0 saturated carbocycles. The van der Waals surface area contributed by atoms with E-state index < -0.39 is 5.79 Å². The van der Waals surface area contributed by atoms with E-state index in [4.69, 9.17) is 14.2 Å². The zero-order valence-electron chi connectivity index (χ0n) is 9.97. The largest absolute Gasteiger partial charge is 0.376 e. The van der Waals surface area contributed by atoms with Crippen LogP contribution in [0.15, 0.2) is 30.3 Å². The summed E-state index contributed by atoms with van der Waals surface area (Å²) < 4.78 is 16.9. The molecule has 1 aliphatic rings. The molecule has 3 nitrogen and oxygen atoms in total. The van der Waals surface area contributed by atoms with Gasteiger partial charge >= 0.3 is 0 Å². The summed E-state index contributed by atoms with van der Waals surface area (Å²) in [7, 11) is 1.69. The van der Waals surface area contributed by atoms with E-state index in [1.165, 1.54) is 0 Å². The van der Waals surface area contributed by atoms with Gasteiger partial charge in [0, 0.05) is 7.11 Å². The number of benzene rings is 1. The topological polar surface area (TPSA) is 27.7 Å². The predicted molar refractivity (Wildman–Crippen MR) is 61.1 cm³/mol. The molecule has 1 fully saturated rings. The molecule has 0 spiro atoms. The minimum Gasteiger partial charge on any atom is -0.376 e. The van der Waals surface area contributed by atoms with E-state index in [0.29, 0.717) is 6.61 Å². The quantitative estimate of drug-likeness (QED) is 0.769. The molecule has 1 heterocycles. The van der Waals surface area contributed by atoms with Gasteiger partial charge in [-0.15, -0.1) is 0 Å².